The molecule has 0 aliphatic rings. The van der Waals surface area contributed by atoms with Gasteiger partial charge in [-0.25, -0.2) is 9.78 Å². The first kappa shape index (κ1) is 14.8. The number of hydrogen-bond acceptors (Lipinski definition) is 5. The number of carbonyl (C=O) groups excluding carboxylic acids is 1. The molecule has 2 heterocycles. The first-order chi connectivity index (χ1) is 10.1. The number of nitrogens with one attached hydrogen (secondary N) is 2. The molecular formula is C14H18N4O3. The number of pyridine rings is 1. The van der Waals surface area contributed by atoms with Crippen LogP contribution in [-0.4, -0.2) is 22.1 Å². The summed E-state index contributed by atoms with van der Waals surface area (Å²) in [7, 11) is 0. The van der Waals surface area contributed by atoms with Crippen molar-refractivity contribution >= 4 is 11.7 Å². The van der Waals surface area contributed by atoms with Crippen LogP contribution in [0.5, 0.6) is 5.75 Å². The summed E-state index contributed by atoms with van der Waals surface area (Å²) in [6.07, 6.45) is 4.50. The molecule has 21 heavy (non-hydrogen) atoms. The summed E-state index contributed by atoms with van der Waals surface area (Å²) in [6.45, 7) is 5.89. The van der Waals surface area contributed by atoms with E-state index in [1.807, 2.05) is 20.8 Å². The average molecular weight is 290 g/mol. The smallest absolute Gasteiger partial charge is 0.319 e. The maximum atomic E-state index is 11.9. The van der Waals surface area contributed by atoms with Gasteiger partial charge in [0.1, 0.15) is 5.76 Å². The summed E-state index contributed by atoms with van der Waals surface area (Å²) >= 11 is 0. The second-order valence-electron chi connectivity index (χ2n) is 4.71. The first-order valence-corrected chi connectivity index (χ1v) is 6.60. The summed E-state index contributed by atoms with van der Waals surface area (Å²) in [5.41, 5.74) is 1.31. The molecule has 0 saturated heterocycles. The van der Waals surface area contributed by atoms with Crippen molar-refractivity contribution in [3.63, 3.8) is 0 Å². The number of ether oxygens (including phenoxy) is 1. The van der Waals surface area contributed by atoms with Crippen LogP contribution in [0.4, 0.5) is 10.5 Å². The van der Waals surface area contributed by atoms with Crippen LogP contribution < -0.4 is 15.4 Å². The van der Waals surface area contributed by atoms with E-state index in [2.05, 4.69) is 20.6 Å². The van der Waals surface area contributed by atoms with Crippen molar-refractivity contribution in [1.82, 2.24) is 15.3 Å². The zero-order valence-electron chi connectivity index (χ0n) is 12.2. The highest BCUT2D eigenvalue weighted by molar-refractivity contribution is 5.90. The maximum Gasteiger partial charge on any atom is 0.319 e. The van der Waals surface area contributed by atoms with Crippen LogP contribution in [0.2, 0.25) is 0 Å². The van der Waals surface area contributed by atoms with E-state index in [4.69, 9.17) is 9.15 Å². The molecule has 0 aliphatic carbocycles. The molecule has 2 N–H and O–H groups in total. The molecule has 0 aliphatic heterocycles. The Bertz CT molecular complexity index is 610. The number of amides is 2. The van der Waals surface area contributed by atoms with Crippen molar-refractivity contribution in [2.75, 3.05) is 5.32 Å². The van der Waals surface area contributed by atoms with Crippen LogP contribution in [-0.2, 0) is 6.54 Å². The Hall–Kier alpha value is -2.57. The number of anilines is 1. The van der Waals surface area contributed by atoms with Crippen LogP contribution in [0.1, 0.15) is 25.3 Å². The van der Waals surface area contributed by atoms with E-state index in [1.165, 1.54) is 6.39 Å². The number of urea groups is 1. The maximum absolute atomic E-state index is 11.9. The molecule has 2 aromatic heterocycles. The molecule has 0 radical (unpaired) electrons. The molecule has 0 aromatic carbocycles. The van der Waals surface area contributed by atoms with Gasteiger partial charge >= 0.3 is 6.03 Å². The number of rotatable bonds is 5. The van der Waals surface area contributed by atoms with E-state index >= 15 is 0 Å². The Morgan fingerprint density at radius 2 is 2.29 bits per heavy atom. The number of carbonyl (C=O) groups is 1. The molecule has 7 heteroatoms. The molecule has 0 fully saturated rings. The standard InChI is InChI=1S/C14H18N4O3/c1-9(2)21-13-6-15-5-4-11(13)18-14(19)16-7-12-10(3)17-8-20-12/h4-6,8-9H,7H2,1-3H3,(H2,15,16,18,19). The molecule has 0 spiro atoms. The molecule has 7 nitrogen and oxygen atoms in total. The molecule has 2 amide bonds. The molecule has 0 unspecified atom stereocenters. The van der Waals surface area contributed by atoms with E-state index in [-0.39, 0.29) is 18.7 Å². The highest BCUT2D eigenvalue weighted by Crippen LogP contribution is 2.23. The summed E-state index contributed by atoms with van der Waals surface area (Å²) in [5, 5.41) is 5.42. The van der Waals surface area contributed by atoms with Gasteiger partial charge in [0.15, 0.2) is 12.1 Å². The van der Waals surface area contributed by atoms with Crippen molar-refractivity contribution in [2.24, 2.45) is 0 Å². The van der Waals surface area contributed by atoms with Crippen LogP contribution in [0, 0.1) is 6.92 Å². The van der Waals surface area contributed by atoms with Crippen molar-refractivity contribution in [3.8, 4) is 5.75 Å². The summed E-state index contributed by atoms with van der Waals surface area (Å²) in [4.78, 5) is 19.8. The summed E-state index contributed by atoms with van der Waals surface area (Å²) in [5.74, 6) is 1.15. The minimum absolute atomic E-state index is 0.00495. The van der Waals surface area contributed by atoms with Crippen molar-refractivity contribution < 1.29 is 13.9 Å². The lowest BCUT2D eigenvalue weighted by Gasteiger charge is -2.14. The van der Waals surface area contributed by atoms with Crippen LogP contribution >= 0.6 is 0 Å². The summed E-state index contributed by atoms with van der Waals surface area (Å²) < 4.78 is 10.7. The van der Waals surface area contributed by atoms with Gasteiger partial charge in [-0.2, -0.15) is 0 Å². The summed E-state index contributed by atoms with van der Waals surface area (Å²) in [6, 6.07) is 1.32. The fraction of sp³-hybridized carbons (Fsp3) is 0.357. The molecule has 2 rings (SSSR count). The van der Waals surface area contributed by atoms with Gasteiger partial charge in [0.05, 0.1) is 30.2 Å². The third kappa shape index (κ3) is 4.20. The minimum atomic E-state index is -0.356. The largest absolute Gasteiger partial charge is 0.487 e. The lowest BCUT2D eigenvalue weighted by atomic mass is 10.3. The minimum Gasteiger partial charge on any atom is -0.487 e. The molecule has 0 saturated carbocycles. The van der Waals surface area contributed by atoms with Gasteiger partial charge < -0.3 is 19.8 Å². The number of nitrogens with zero attached hydrogens (tertiary/aromatic N) is 2. The van der Waals surface area contributed by atoms with Gasteiger partial charge in [-0.15, -0.1) is 0 Å². The predicted octanol–water partition coefficient (Wildman–Crippen LogP) is 2.49. The Morgan fingerprint density at radius 1 is 1.48 bits per heavy atom. The third-order valence-electron chi connectivity index (χ3n) is 2.65. The van der Waals surface area contributed by atoms with Crippen molar-refractivity contribution in [3.05, 3.63) is 36.3 Å². The highest BCUT2D eigenvalue weighted by Gasteiger charge is 2.10. The second-order valence-corrected chi connectivity index (χ2v) is 4.71. The SMILES string of the molecule is Cc1ncoc1CNC(=O)Nc1ccncc1OC(C)C. The van der Waals surface area contributed by atoms with Crippen LogP contribution in [0.25, 0.3) is 0 Å². The number of aryl methyl sites for hydroxylation is 1. The lowest BCUT2D eigenvalue weighted by molar-refractivity contribution is 0.240. The van der Waals surface area contributed by atoms with Gasteiger partial charge in [-0.1, -0.05) is 0 Å². The Kier molecular flexibility index (Phi) is 4.76. The third-order valence-corrected chi connectivity index (χ3v) is 2.65. The Labute approximate surface area is 122 Å². The van der Waals surface area contributed by atoms with E-state index < -0.39 is 0 Å². The zero-order valence-corrected chi connectivity index (χ0v) is 12.2. The topological polar surface area (TPSA) is 89.3 Å². The molecule has 0 bridgehead atoms. The number of oxazole rings is 1. The molecular weight excluding hydrogens is 272 g/mol. The van der Waals surface area contributed by atoms with E-state index in [0.717, 1.165) is 5.69 Å². The predicted molar refractivity (Wildman–Crippen MR) is 77.1 cm³/mol. The van der Waals surface area contributed by atoms with Crippen molar-refractivity contribution in [2.45, 2.75) is 33.4 Å². The van der Waals surface area contributed by atoms with E-state index in [0.29, 0.717) is 17.2 Å². The fourth-order valence-electron chi connectivity index (χ4n) is 1.65. The average Bonchev–Trinajstić information content (AvgIpc) is 2.84. The Balaban J connectivity index is 1.95. The molecule has 0 atom stereocenters. The van der Waals surface area contributed by atoms with Gasteiger partial charge in [0.25, 0.3) is 0 Å². The van der Waals surface area contributed by atoms with Gasteiger partial charge in [-0.3, -0.25) is 4.98 Å². The quantitative estimate of drug-likeness (QED) is 0.883. The molecule has 2 aromatic rings. The lowest BCUT2D eigenvalue weighted by Crippen LogP contribution is -2.28. The van der Waals surface area contributed by atoms with E-state index in [9.17, 15) is 4.79 Å². The normalized spacial score (nSPS) is 10.5. The highest BCUT2D eigenvalue weighted by atomic mass is 16.5. The zero-order chi connectivity index (χ0) is 15.2. The van der Waals surface area contributed by atoms with Crippen LogP contribution in [0.3, 0.4) is 0 Å². The number of hydrogen-bond donors (Lipinski definition) is 2. The molecule has 112 valence electrons. The van der Waals surface area contributed by atoms with Crippen molar-refractivity contribution in [1.29, 1.82) is 0 Å². The van der Waals surface area contributed by atoms with Crippen LogP contribution in [0.15, 0.2) is 29.3 Å². The monoisotopic (exact) mass is 290 g/mol. The first-order valence-electron chi connectivity index (χ1n) is 6.60. The van der Waals surface area contributed by atoms with Gasteiger partial charge in [-0.05, 0) is 26.8 Å². The van der Waals surface area contributed by atoms with Gasteiger partial charge in [0, 0.05) is 6.20 Å². The Morgan fingerprint density at radius 3 is 2.95 bits per heavy atom. The van der Waals surface area contributed by atoms with E-state index in [1.54, 1.807) is 18.5 Å². The second kappa shape index (κ2) is 6.74. The van der Waals surface area contributed by atoms with Gasteiger partial charge in [0.2, 0.25) is 0 Å². The number of aromatic nitrogens is 2. The fourth-order valence-corrected chi connectivity index (χ4v) is 1.65.